The van der Waals surface area contributed by atoms with Crippen LogP contribution in [-0.2, 0) is 9.53 Å². The minimum absolute atomic E-state index is 0.110. The van der Waals surface area contributed by atoms with E-state index in [1.807, 2.05) is 6.08 Å². The Labute approximate surface area is 67.2 Å². The van der Waals surface area contributed by atoms with Crippen LogP contribution in [0, 0.1) is 0 Å². The van der Waals surface area contributed by atoms with Gasteiger partial charge >= 0.3 is 5.97 Å². The van der Waals surface area contributed by atoms with Gasteiger partial charge in [0, 0.05) is 12.0 Å². The molecule has 0 bridgehead atoms. The molecule has 0 aromatic heterocycles. The summed E-state index contributed by atoms with van der Waals surface area (Å²) < 4.78 is 4.79. The van der Waals surface area contributed by atoms with Gasteiger partial charge in [0.05, 0.1) is 6.61 Å². The number of hydrogen-bond acceptors (Lipinski definition) is 2. The van der Waals surface area contributed by atoms with E-state index in [0.717, 1.165) is 24.8 Å². The van der Waals surface area contributed by atoms with Crippen LogP contribution in [0.15, 0.2) is 11.6 Å². The zero-order chi connectivity index (χ0) is 8.10. The van der Waals surface area contributed by atoms with Crippen LogP contribution in [0.4, 0.5) is 0 Å². The Morgan fingerprint density at radius 2 is 2.45 bits per heavy atom. The van der Waals surface area contributed by atoms with Crippen molar-refractivity contribution in [1.82, 2.24) is 0 Å². The summed E-state index contributed by atoms with van der Waals surface area (Å²) in [7, 11) is 0. The van der Waals surface area contributed by atoms with Crippen molar-refractivity contribution in [2.45, 2.75) is 32.6 Å². The van der Waals surface area contributed by atoms with E-state index in [1.54, 1.807) is 0 Å². The fourth-order valence-electron chi connectivity index (χ4n) is 1.11. The van der Waals surface area contributed by atoms with Crippen LogP contribution in [0.1, 0.15) is 32.6 Å². The molecular weight excluding hydrogens is 140 g/mol. The van der Waals surface area contributed by atoms with Crippen LogP contribution in [0.5, 0.6) is 0 Å². The lowest BCUT2D eigenvalue weighted by Gasteiger charge is -1.91. The van der Waals surface area contributed by atoms with Gasteiger partial charge < -0.3 is 4.74 Å². The maximum atomic E-state index is 10.9. The second-order valence-corrected chi connectivity index (χ2v) is 2.76. The number of carbonyl (C=O) groups excluding carboxylic acids is 1. The molecule has 1 aliphatic rings. The molecule has 1 heterocycles. The third-order valence-corrected chi connectivity index (χ3v) is 1.82. The smallest absolute Gasteiger partial charge is 0.333 e. The van der Waals surface area contributed by atoms with Crippen LogP contribution in [0.25, 0.3) is 0 Å². The predicted molar refractivity (Wildman–Crippen MR) is 43.2 cm³/mol. The van der Waals surface area contributed by atoms with Crippen molar-refractivity contribution in [2.24, 2.45) is 0 Å². The van der Waals surface area contributed by atoms with Gasteiger partial charge in [0.2, 0.25) is 0 Å². The SMILES string of the molecule is CCCC/C=C1\CCOC1=O. The molecule has 11 heavy (non-hydrogen) atoms. The lowest BCUT2D eigenvalue weighted by Crippen LogP contribution is -1.94. The van der Waals surface area contributed by atoms with E-state index in [9.17, 15) is 4.79 Å². The third-order valence-electron chi connectivity index (χ3n) is 1.82. The van der Waals surface area contributed by atoms with Gasteiger partial charge in [-0.3, -0.25) is 0 Å². The molecule has 2 nitrogen and oxygen atoms in total. The summed E-state index contributed by atoms with van der Waals surface area (Å²) in [5, 5.41) is 0. The second kappa shape index (κ2) is 4.16. The van der Waals surface area contributed by atoms with Crippen molar-refractivity contribution in [3.8, 4) is 0 Å². The minimum atomic E-state index is -0.110. The molecule has 1 saturated heterocycles. The minimum Gasteiger partial charge on any atom is -0.462 e. The summed E-state index contributed by atoms with van der Waals surface area (Å²) in [4.78, 5) is 10.9. The summed E-state index contributed by atoms with van der Waals surface area (Å²) in [6, 6.07) is 0. The van der Waals surface area contributed by atoms with Crippen LogP contribution in [0.2, 0.25) is 0 Å². The molecule has 0 N–H and O–H groups in total. The Kier molecular flexibility index (Phi) is 3.14. The molecule has 62 valence electrons. The number of ether oxygens (including phenoxy) is 1. The summed E-state index contributed by atoms with van der Waals surface area (Å²) in [6.07, 6.45) is 6.18. The maximum Gasteiger partial charge on any atom is 0.333 e. The highest BCUT2D eigenvalue weighted by Crippen LogP contribution is 2.14. The number of unbranched alkanes of at least 4 members (excludes halogenated alkanes) is 2. The lowest BCUT2D eigenvalue weighted by atomic mass is 10.1. The normalized spacial score (nSPS) is 20.8. The largest absolute Gasteiger partial charge is 0.462 e. The van der Waals surface area contributed by atoms with Gasteiger partial charge in [0.15, 0.2) is 0 Å². The van der Waals surface area contributed by atoms with Gasteiger partial charge in [-0.05, 0) is 6.42 Å². The first-order valence-electron chi connectivity index (χ1n) is 4.20. The highest BCUT2D eigenvalue weighted by atomic mass is 16.5. The van der Waals surface area contributed by atoms with E-state index < -0.39 is 0 Å². The Bertz CT molecular complexity index is 170. The van der Waals surface area contributed by atoms with Crippen molar-refractivity contribution in [3.63, 3.8) is 0 Å². The fraction of sp³-hybridized carbons (Fsp3) is 0.667. The molecule has 0 aromatic rings. The molecule has 0 atom stereocenters. The number of carbonyl (C=O) groups is 1. The predicted octanol–water partition coefficient (Wildman–Crippen LogP) is 2.05. The highest BCUT2D eigenvalue weighted by Gasteiger charge is 2.17. The second-order valence-electron chi connectivity index (χ2n) is 2.76. The number of hydrogen-bond donors (Lipinski definition) is 0. The molecule has 0 unspecified atom stereocenters. The van der Waals surface area contributed by atoms with Gasteiger partial charge in [-0.2, -0.15) is 0 Å². The van der Waals surface area contributed by atoms with Crippen molar-refractivity contribution in [1.29, 1.82) is 0 Å². The molecule has 1 aliphatic heterocycles. The van der Waals surface area contributed by atoms with Crippen LogP contribution in [0.3, 0.4) is 0 Å². The van der Waals surface area contributed by atoms with Crippen molar-refractivity contribution >= 4 is 5.97 Å². The zero-order valence-corrected chi connectivity index (χ0v) is 6.93. The fourth-order valence-corrected chi connectivity index (χ4v) is 1.11. The third kappa shape index (κ3) is 2.37. The van der Waals surface area contributed by atoms with E-state index in [2.05, 4.69) is 6.92 Å². The molecule has 0 spiro atoms. The number of allylic oxidation sites excluding steroid dienone is 1. The summed E-state index contributed by atoms with van der Waals surface area (Å²) >= 11 is 0. The van der Waals surface area contributed by atoms with Crippen molar-refractivity contribution in [2.75, 3.05) is 6.61 Å². The van der Waals surface area contributed by atoms with E-state index >= 15 is 0 Å². The van der Waals surface area contributed by atoms with E-state index in [1.165, 1.54) is 6.42 Å². The topological polar surface area (TPSA) is 26.3 Å². The number of cyclic esters (lactones) is 1. The van der Waals surface area contributed by atoms with Gasteiger partial charge in [0.25, 0.3) is 0 Å². The van der Waals surface area contributed by atoms with Crippen LogP contribution >= 0.6 is 0 Å². The molecule has 2 heteroatoms. The van der Waals surface area contributed by atoms with E-state index in [-0.39, 0.29) is 5.97 Å². The molecule has 0 saturated carbocycles. The van der Waals surface area contributed by atoms with E-state index in [4.69, 9.17) is 4.74 Å². The standard InChI is InChI=1S/C9H14O2/c1-2-3-4-5-8-6-7-11-9(8)10/h5H,2-4,6-7H2,1H3/b8-5+. The maximum absolute atomic E-state index is 10.9. The summed E-state index contributed by atoms with van der Waals surface area (Å²) in [5.74, 6) is -0.110. The molecule has 0 amide bonds. The van der Waals surface area contributed by atoms with Gasteiger partial charge in [0.1, 0.15) is 0 Å². The molecule has 0 aliphatic carbocycles. The van der Waals surface area contributed by atoms with Crippen LogP contribution < -0.4 is 0 Å². The average Bonchev–Trinajstić information content (AvgIpc) is 2.37. The van der Waals surface area contributed by atoms with Crippen LogP contribution in [-0.4, -0.2) is 12.6 Å². The van der Waals surface area contributed by atoms with Gasteiger partial charge in [-0.25, -0.2) is 4.79 Å². The highest BCUT2D eigenvalue weighted by molar-refractivity contribution is 5.90. The Balaban J connectivity index is 2.33. The molecular formula is C9H14O2. The first-order chi connectivity index (χ1) is 5.34. The first kappa shape index (κ1) is 8.31. The molecule has 0 aromatic carbocycles. The Morgan fingerprint density at radius 3 is 3.00 bits per heavy atom. The lowest BCUT2D eigenvalue weighted by molar-refractivity contribution is -0.135. The molecule has 0 radical (unpaired) electrons. The van der Waals surface area contributed by atoms with E-state index in [0.29, 0.717) is 6.61 Å². The van der Waals surface area contributed by atoms with Crippen molar-refractivity contribution < 1.29 is 9.53 Å². The van der Waals surface area contributed by atoms with Crippen molar-refractivity contribution in [3.05, 3.63) is 11.6 Å². The first-order valence-corrected chi connectivity index (χ1v) is 4.20. The number of esters is 1. The summed E-state index contributed by atoms with van der Waals surface area (Å²) in [6.45, 7) is 2.72. The van der Waals surface area contributed by atoms with Gasteiger partial charge in [-0.15, -0.1) is 0 Å². The average molecular weight is 154 g/mol. The summed E-state index contributed by atoms with van der Waals surface area (Å²) in [5.41, 5.74) is 0.874. The molecule has 1 fully saturated rings. The van der Waals surface area contributed by atoms with Gasteiger partial charge in [-0.1, -0.05) is 25.8 Å². The Hall–Kier alpha value is -0.790. The monoisotopic (exact) mass is 154 g/mol. The molecule has 1 rings (SSSR count). The zero-order valence-electron chi connectivity index (χ0n) is 6.93. The number of rotatable bonds is 3. The Morgan fingerprint density at radius 1 is 1.64 bits per heavy atom. The quantitative estimate of drug-likeness (QED) is 0.353.